The molecule has 2 heterocycles. The van der Waals surface area contributed by atoms with Crippen LogP contribution in [0.5, 0.6) is 11.5 Å². The predicted molar refractivity (Wildman–Crippen MR) is 90.1 cm³/mol. The minimum absolute atomic E-state index is 0.0177. The number of Topliss-reactive ketones (excluding diaryl/α,β-unsaturated/α-hetero) is 1. The van der Waals surface area contributed by atoms with Crippen molar-refractivity contribution in [3.05, 3.63) is 23.3 Å². The van der Waals surface area contributed by atoms with Gasteiger partial charge in [-0.25, -0.2) is 0 Å². The van der Waals surface area contributed by atoms with Gasteiger partial charge < -0.3 is 9.47 Å². The first kappa shape index (κ1) is 10.3. The highest BCUT2D eigenvalue weighted by Gasteiger charge is 2.38. The average Bonchev–Trinajstić information content (AvgIpc) is 2.53. The van der Waals surface area contributed by atoms with E-state index in [9.17, 15) is 4.79 Å². The Bertz CT molecular complexity index is 774. The van der Waals surface area contributed by atoms with Crippen LogP contribution in [0.25, 0.3) is 0 Å². The molecule has 4 heteroatoms. The molecule has 23 heavy (non-hydrogen) atoms. The number of fused-ring (bicyclic) bond motifs is 3. The first-order valence-electron chi connectivity index (χ1n) is 11.1. The molecule has 1 fully saturated rings. The van der Waals surface area contributed by atoms with E-state index in [-0.39, 0.29) is 29.2 Å². The van der Waals surface area contributed by atoms with Crippen LogP contribution in [-0.4, -0.2) is 37.8 Å². The van der Waals surface area contributed by atoms with E-state index in [4.69, 9.17) is 17.7 Å². The zero-order valence-corrected chi connectivity index (χ0v) is 13.6. The maximum absolute atomic E-state index is 12.7. The molecular weight excluding hydrogens is 290 g/mol. The predicted octanol–water partition coefficient (Wildman–Crippen LogP) is 3.24. The third-order valence-electron chi connectivity index (χ3n) is 4.95. The standard InChI is InChI=1S/C19H27NO3/c1-12(2)7-14-11-20-6-5-13-8-18(22-3)19(23-4)9-15(13)16(20)10-17(14)21/h8-9,12,14,16H,5-7,10-11H2,1-4H3/t14-,16-/m1/s1/i3D3,4D3. The van der Waals surface area contributed by atoms with E-state index in [2.05, 4.69) is 18.7 Å². The minimum atomic E-state index is -2.75. The Morgan fingerprint density at radius 1 is 1.30 bits per heavy atom. The summed E-state index contributed by atoms with van der Waals surface area (Å²) in [6.07, 6.45) is 1.88. The van der Waals surface area contributed by atoms with Gasteiger partial charge in [0, 0.05) is 31.5 Å². The second-order valence-corrected chi connectivity index (χ2v) is 6.96. The van der Waals surface area contributed by atoms with Gasteiger partial charge in [0.1, 0.15) is 5.78 Å². The lowest BCUT2D eigenvalue weighted by Crippen LogP contribution is -2.46. The van der Waals surface area contributed by atoms with Gasteiger partial charge in [0.05, 0.1) is 22.3 Å². The Hall–Kier alpha value is -1.55. The topological polar surface area (TPSA) is 38.8 Å². The van der Waals surface area contributed by atoms with Gasteiger partial charge >= 0.3 is 0 Å². The van der Waals surface area contributed by atoms with Crippen LogP contribution in [0.3, 0.4) is 0 Å². The molecule has 126 valence electrons. The number of ketones is 1. The number of piperidine rings is 1. The molecule has 2 aliphatic heterocycles. The fourth-order valence-corrected chi connectivity index (χ4v) is 3.90. The second-order valence-electron chi connectivity index (χ2n) is 6.96. The van der Waals surface area contributed by atoms with Gasteiger partial charge in [-0.15, -0.1) is 0 Å². The van der Waals surface area contributed by atoms with E-state index in [1.54, 1.807) is 6.07 Å². The van der Waals surface area contributed by atoms with Crippen LogP contribution in [0, 0.1) is 11.8 Å². The number of benzene rings is 1. The number of ether oxygens (including phenoxy) is 2. The summed E-state index contributed by atoms with van der Waals surface area (Å²) in [5, 5.41) is 0. The van der Waals surface area contributed by atoms with Crippen molar-refractivity contribution in [2.45, 2.75) is 39.2 Å². The molecule has 2 atom stereocenters. The number of hydrogen-bond donors (Lipinski definition) is 0. The Morgan fingerprint density at radius 3 is 2.74 bits per heavy atom. The third-order valence-corrected chi connectivity index (χ3v) is 4.95. The molecule has 1 aromatic rings. The van der Waals surface area contributed by atoms with Crippen molar-refractivity contribution < 1.29 is 22.5 Å². The van der Waals surface area contributed by atoms with Crippen LogP contribution in [0.15, 0.2) is 12.1 Å². The largest absolute Gasteiger partial charge is 0.493 e. The summed E-state index contributed by atoms with van der Waals surface area (Å²) >= 11 is 0. The second kappa shape index (κ2) is 6.52. The normalized spacial score (nSPS) is 29.3. The number of nitrogens with zero attached hydrogens (tertiary/aromatic N) is 1. The van der Waals surface area contributed by atoms with Crippen molar-refractivity contribution in [1.29, 1.82) is 0 Å². The van der Waals surface area contributed by atoms with Crippen LogP contribution in [0.2, 0.25) is 0 Å². The summed E-state index contributed by atoms with van der Waals surface area (Å²) in [5.41, 5.74) is 1.67. The van der Waals surface area contributed by atoms with Gasteiger partial charge in [-0.3, -0.25) is 9.69 Å². The zero-order valence-electron chi connectivity index (χ0n) is 19.6. The molecule has 0 aliphatic carbocycles. The molecule has 0 spiro atoms. The summed E-state index contributed by atoms with van der Waals surface area (Å²) < 4.78 is 54.3. The van der Waals surface area contributed by atoms with Crippen molar-refractivity contribution in [2.75, 3.05) is 27.2 Å². The fraction of sp³-hybridized carbons (Fsp3) is 0.632. The van der Waals surface area contributed by atoms with Crippen LogP contribution in [0.4, 0.5) is 0 Å². The first-order chi connectivity index (χ1) is 13.3. The number of rotatable bonds is 4. The molecule has 0 aromatic heterocycles. The minimum Gasteiger partial charge on any atom is -0.493 e. The molecule has 0 N–H and O–H groups in total. The molecule has 3 rings (SSSR count). The molecule has 1 aromatic carbocycles. The highest BCUT2D eigenvalue weighted by atomic mass is 16.5. The number of carbonyl (C=O) groups is 1. The number of methoxy groups -OCH3 is 2. The van der Waals surface area contributed by atoms with Crippen LogP contribution in [0.1, 0.15) is 52.1 Å². The van der Waals surface area contributed by atoms with Crippen LogP contribution >= 0.6 is 0 Å². The van der Waals surface area contributed by atoms with Gasteiger partial charge in [-0.2, -0.15) is 0 Å². The number of hydrogen-bond acceptors (Lipinski definition) is 4. The van der Waals surface area contributed by atoms with E-state index < -0.39 is 14.1 Å². The molecule has 1 saturated heterocycles. The van der Waals surface area contributed by atoms with Crippen molar-refractivity contribution in [3.63, 3.8) is 0 Å². The van der Waals surface area contributed by atoms with Crippen molar-refractivity contribution in [3.8, 4) is 11.5 Å². The van der Waals surface area contributed by atoms with Gasteiger partial charge in [0.2, 0.25) is 0 Å². The Balaban J connectivity index is 1.95. The zero-order chi connectivity index (χ0) is 21.6. The Morgan fingerprint density at radius 2 is 2.04 bits per heavy atom. The summed E-state index contributed by atoms with van der Waals surface area (Å²) in [4.78, 5) is 15.0. The van der Waals surface area contributed by atoms with Crippen LogP contribution < -0.4 is 9.47 Å². The molecule has 4 nitrogen and oxygen atoms in total. The summed E-state index contributed by atoms with van der Waals surface area (Å²) in [5.74, 6) is 0.418. The molecule has 2 aliphatic rings. The summed E-state index contributed by atoms with van der Waals surface area (Å²) in [6, 6.07) is 2.93. The number of carbonyl (C=O) groups excluding carboxylic acids is 1. The summed E-state index contributed by atoms with van der Waals surface area (Å²) in [6.45, 7) is 5.65. The third kappa shape index (κ3) is 3.09. The Kier molecular flexibility index (Phi) is 2.93. The smallest absolute Gasteiger partial charge is 0.161 e. The van der Waals surface area contributed by atoms with E-state index >= 15 is 0 Å². The first-order valence-corrected chi connectivity index (χ1v) is 8.14. The van der Waals surface area contributed by atoms with Crippen LogP contribution in [-0.2, 0) is 11.2 Å². The van der Waals surface area contributed by atoms with E-state index in [1.807, 2.05) is 0 Å². The van der Waals surface area contributed by atoms with Crippen molar-refractivity contribution in [2.24, 2.45) is 11.8 Å². The van der Waals surface area contributed by atoms with E-state index in [1.165, 1.54) is 6.07 Å². The lowest BCUT2D eigenvalue weighted by atomic mass is 9.80. The maximum Gasteiger partial charge on any atom is 0.161 e. The molecular formula is C19H27NO3. The molecule has 0 bridgehead atoms. The Labute approximate surface area is 147 Å². The van der Waals surface area contributed by atoms with E-state index in [0.717, 1.165) is 24.1 Å². The quantitative estimate of drug-likeness (QED) is 0.853. The molecule has 0 radical (unpaired) electrons. The van der Waals surface area contributed by atoms with Gasteiger partial charge in [0.25, 0.3) is 0 Å². The van der Waals surface area contributed by atoms with Crippen molar-refractivity contribution in [1.82, 2.24) is 4.90 Å². The summed E-state index contributed by atoms with van der Waals surface area (Å²) in [7, 11) is -5.48. The fourth-order valence-electron chi connectivity index (χ4n) is 3.90. The highest BCUT2D eigenvalue weighted by molar-refractivity contribution is 5.83. The van der Waals surface area contributed by atoms with Gasteiger partial charge in [-0.05, 0) is 42.0 Å². The van der Waals surface area contributed by atoms with Crippen molar-refractivity contribution >= 4 is 5.78 Å². The average molecular weight is 323 g/mol. The lowest BCUT2D eigenvalue weighted by Gasteiger charge is -2.43. The molecule has 0 unspecified atom stereocenters. The SMILES string of the molecule is [2H]C([2H])([2H])Oc1cc2c(cc1OC([2H])([2H])[2H])[C@H]1CC(=O)[C@H](CC(C)C)CN1CC2. The van der Waals surface area contributed by atoms with Gasteiger partial charge in [0.15, 0.2) is 11.5 Å². The molecule has 0 saturated carbocycles. The monoisotopic (exact) mass is 323 g/mol. The molecule has 0 amide bonds. The van der Waals surface area contributed by atoms with E-state index in [0.29, 0.717) is 25.3 Å². The maximum atomic E-state index is 12.7. The van der Waals surface area contributed by atoms with Gasteiger partial charge in [-0.1, -0.05) is 13.8 Å². The lowest BCUT2D eigenvalue weighted by molar-refractivity contribution is -0.129. The highest BCUT2D eigenvalue weighted by Crippen LogP contribution is 2.42.